The Balaban J connectivity index is 2.08. The predicted molar refractivity (Wildman–Crippen MR) is 86.4 cm³/mol. The fourth-order valence-corrected chi connectivity index (χ4v) is 4.19. The summed E-state index contributed by atoms with van der Waals surface area (Å²) in [4.78, 5) is 0.0882. The minimum absolute atomic E-state index is 0.0882. The van der Waals surface area contributed by atoms with E-state index in [2.05, 4.69) is 10.0 Å². The van der Waals surface area contributed by atoms with E-state index < -0.39 is 10.0 Å². The summed E-state index contributed by atoms with van der Waals surface area (Å²) in [6.07, 6.45) is 4.51. The third-order valence-corrected chi connectivity index (χ3v) is 5.97. The van der Waals surface area contributed by atoms with Gasteiger partial charge in [-0.2, -0.15) is 0 Å². The number of benzene rings is 1. The van der Waals surface area contributed by atoms with Gasteiger partial charge >= 0.3 is 0 Å². The zero-order chi connectivity index (χ0) is 15.5. The van der Waals surface area contributed by atoms with Gasteiger partial charge in [-0.05, 0) is 37.9 Å². The van der Waals surface area contributed by atoms with Gasteiger partial charge in [0.25, 0.3) is 0 Å². The Morgan fingerprint density at radius 1 is 1.29 bits per heavy atom. The molecule has 1 aliphatic carbocycles. The van der Waals surface area contributed by atoms with Gasteiger partial charge in [0.1, 0.15) is 4.90 Å². The van der Waals surface area contributed by atoms with Crippen LogP contribution in [0.5, 0.6) is 0 Å². The average molecular weight is 351 g/mol. The predicted octanol–water partition coefficient (Wildman–Crippen LogP) is 3.18. The molecule has 1 aromatic carbocycles. The molecule has 0 atom stereocenters. The van der Waals surface area contributed by atoms with Gasteiger partial charge in [-0.25, -0.2) is 13.1 Å². The minimum atomic E-state index is -3.59. The van der Waals surface area contributed by atoms with Crippen molar-refractivity contribution in [2.24, 2.45) is 5.92 Å². The number of hydrogen-bond donors (Lipinski definition) is 2. The van der Waals surface area contributed by atoms with Crippen LogP contribution >= 0.6 is 23.2 Å². The molecule has 0 radical (unpaired) electrons. The SMILES string of the molecule is CNCc1c(Cl)ccc(S(=O)(=O)NCCCC2CC2)c1Cl. The standard InChI is InChI=1S/C14H20Cl2N2O2S/c1-17-9-11-12(15)6-7-13(14(11)16)21(19,20)18-8-2-3-10-4-5-10/h6-7,10,17-18H,2-5,8-9H2,1H3. The Morgan fingerprint density at radius 3 is 2.62 bits per heavy atom. The summed E-state index contributed by atoms with van der Waals surface area (Å²) in [5.74, 6) is 0.802. The molecule has 0 aliphatic heterocycles. The molecule has 0 bridgehead atoms. The molecule has 1 aliphatic rings. The third-order valence-electron chi connectivity index (χ3n) is 3.57. The van der Waals surface area contributed by atoms with Gasteiger partial charge in [-0.3, -0.25) is 0 Å². The summed E-state index contributed by atoms with van der Waals surface area (Å²) < 4.78 is 27.3. The van der Waals surface area contributed by atoms with Crippen molar-refractivity contribution in [1.82, 2.24) is 10.0 Å². The summed E-state index contributed by atoms with van der Waals surface area (Å²) in [7, 11) is -1.84. The molecule has 0 aromatic heterocycles. The van der Waals surface area contributed by atoms with Crippen LogP contribution in [0.1, 0.15) is 31.2 Å². The van der Waals surface area contributed by atoms with Crippen LogP contribution in [0.2, 0.25) is 10.0 Å². The van der Waals surface area contributed by atoms with Crippen molar-refractivity contribution in [1.29, 1.82) is 0 Å². The van der Waals surface area contributed by atoms with Crippen molar-refractivity contribution in [3.8, 4) is 0 Å². The van der Waals surface area contributed by atoms with E-state index in [-0.39, 0.29) is 9.92 Å². The molecule has 0 unspecified atom stereocenters. The number of sulfonamides is 1. The first kappa shape index (κ1) is 17.0. The highest BCUT2D eigenvalue weighted by molar-refractivity contribution is 7.89. The molecule has 4 nitrogen and oxygen atoms in total. The topological polar surface area (TPSA) is 58.2 Å². The first-order valence-electron chi connectivity index (χ1n) is 7.07. The van der Waals surface area contributed by atoms with Gasteiger partial charge in [-0.1, -0.05) is 36.0 Å². The van der Waals surface area contributed by atoms with Crippen molar-refractivity contribution >= 4 is 33.2 Å². The lowest BCUT2D eigenvalue weighted by Crippen LogP contribution is -2.25. The Hall–Kier alpha value is -0.330. The molecule has 0 amide bonds. The molecule has 21 heavy (non-hydrogen) atoms. The lowest BCUT2D eigenvalue weighted by Gasteiger charge is -2.12. The second-order valence-corrected chi connectivity index (χ2v) is 7.87. The van der Waals surface area contributed by atoms with Crippen LogP contribution in [0.3, 0.4) is 0 Å². The van der Waals surface area contributed by atoms with Crippen molar-refractivity contribution < 1.29 is 8.42 Å². The van der Waals surface area contributed by atoms with Crippen LogP contribution in [0, 0.1) is 5.92 Å². The Labute approximate surface area is 136 Å². The molecular formula is C14H20Cl2N2O2S. The van der Waals surface area contributed by atoms with Gasteiger partial charge in [0.2, 0.25) is 10.0 Å². The molecule has 2 rings (SSSR count). The third kappa shape index (κ3) is 4.57. The van der Waals surface area contributed by atoms with Crippen LogP contribution in [0.15, 0.2) is 17.0 Å². The lowest BCUT2D eigenvalue weighted by molar-refractivity contribution is 0.572. The molecule has 1 saturated carbocycles. The number of nitrogens with one attached hydrogen (secondary N) is 2. The fourth-order valence-electron chi connectivity index (χ4n) is 2.20. The normalized spacial score (nSPS) is 15.4. The molecule has 0 heterocycles. The molecule has 1 fully saturated rings. The maximum Gasteiger partial charge on any atom is 0.242 e. The molecule has 7 heteroatoms. The van der Waals surface area contributed by atoms with Crippen LogP contribution in [-0.2, 0) is 16.6 Å². The maximum atomic E-state index is 12.3. The zero-order valence-corrected chi connectivity index (χ0v) is 14.3. The van der Waals surface area contributed by atoms with Gasteiger partial charge in [0.15, 0.2) is 0 Å². The summed E-state index contributed by atoms with van der Waals surface area (Å²) in [5, 5.41) is 3.58. The van der Waals surface area contributed by atoms with Crippen LogP contribution < -0.4 is 10.0 Å². The lowest BCUT2D eigenvalue weighted by atomic mass is 10.2. The average Bonchev–Trinajstić information content (AvgIpc) is 3.23. The second kappa shape index (κ2) is 7.29. The first-order chi connectivity index (χ1) is 9.95. The van der Waals surface area contributed by atoms with Gasteiger partial charge in [0.05, 0.1) is 5.02 Å². The van der Waals surface area contributed by atoms with E-state index in [4.69, 9.17) is 23.2 Å². The molecule has 2 N–H and O–H groups in total. The Morgan fingerprint density at radius 2 is 2.00 bits per heavy atom. The molecular weight excluding hydrogens is 331 g/mol. The maximum absolute atomic E-state index is 12.3. The van der Waals surface area contributed by atoms with Crippen molar-refractivity contribution in [2.45, 2.75) is 37.1 Å². The summed E-state index contributed by atoms with van der Waals surface area (Å²) in [5.41, 5.74) is 0.599. The monoisotopic (exact) mass is 350 g/mol. The molecule has 0 saturated heterocycles. The molecule has 0 spiro atoms. The zero-order valence-electron chi connectivity index (χ0n) is 12.0. The van der Waals surface area contributed by atoms with E-state index in [9.17, 15) is 8.42 Å². The van der Waals surface area contributed by atoms with E-state index in [1.807, 2.05) is 0 Å². The highest BCUT2D eigenvalue weighted by atomic mass is 35.5. The van der Waals surface area contributed by atoms with E-state index in [0.29, 0.717) is 23.7 Å². The number of hydrogen-bond acceptors (Lipinski definition) is 3. The van der Waals surface area contributed by atoms with Gasteiger partial charge < -0.3 is 5.32 Å². The largest absolute Gasteiger partial charge is 0.316 e. The van der Waals surface area contributed by atoms with Gasteiger partial charge in [-0.15, -0.1) is 0 Å². The molecule has 1 aromatic rings. The highest BCUT2D eigenvalue weighted by Gasteiger charge is 2.23. The summed E-state index contributed by atoms with van der Waals surface area (Å²) in [6, 6.07) is 3.02. The van der Waals surface area contributed by atoms with E-state index in [0.717, 1.165) is 18.8 Å². The summed E-state index contributed by atoms with van der Waals surface area (Å²) >= 11 is 12.3. The summed E-state index contributed by atoms with van der Waals surface area (Å²) in [6.45, 7) is 0.863. The number of rotatable bonds is 8. The van der Waals surface area contributed by atoms with Crippen molar-refractivity contribution in [3.05, 3.63) is 27.7 Å². The smallest absolute Gasteiger partial charge is 0.242 e. The van der Waals surface area contributed by atoms with Gasteiger partial charge in [0, 0.05) is 23.7 Å². The fraction of sp³-hybridized carbons (Fsp3) is 0.571. The van der Waals surface area contributed by atoms with E-state index in [1.165, 1.54) is 18.9 Å². The van der Waals surface area contributed by atoms with Crippen molar-refractivity contribution in [3.63, 3.8) is 0 Å². The first-order valence-corrected chi connectivity index (χ1v) is 9.30. The quantitative estimate of drug-likeness (QED) is 0.708. The minimum Gasteiger partial charge on any atom is -0.316 e. The van der Waals surface area contributed by atoms with E-state index in [1.54, 1.807) is 13.1 Å². The second-order valence-electron chi connectivity index (χ2n) is 5.35. The Kier molecular flexibility index (Phi) is 5.91. The molecule has 118 valence electrons. The van der Waals surface area contributed by atoms with Crippen LogP contribution in [0.25, 0.3) is 0 Å². The number of halogens is 2. The van der Waals surface area contributed by atoms with Crippen LogP contribution in [-0.4, -0.2) is 22.0 Å². The van der Waals surface area contributed by atoms with E-state index >= 15 is 0 Å². The van der Waals surface area contributed by atoms with Crippen LogP contribution in [0.4, 0.5) is 0 Å². The highest BCUT2D eigenvalue weighted by Crippen LogP contribution is 2.33. The van der Waals surface area contributed by atoms with Crippen molar-refractivity contribution in [2.75, 3.05) is 13.6 Å². The Bertz CT molecular complexity index is 601.